The molecule has 0 atom stereocenters. The standard InChI is InChI=1S/C52H37N3/c1-52(2)45-22-12-11-20-44(45)47-42(21-13-23-46(47)52)43-33-32-38-18-9-10-19-41(38)48(43)51-54-49(39-28-24-36(25-29-39)34-14-5-3-6-15-34)53-50(55-51)40-30-26-37(27-31-40)35-16-7-4-8-17-35/h3-33H,1-2H3. The predicted molar refractivity (Wildman–Crippen MR) is 228 cm³/mol. The summed E-state index contributed by atoms with van der Waals surface area (Å²) in [6.07, 6.45) is 0. The van der Waals surface area contributed by atoms with E-state index in [4.69, 9.17) is 15.0 Å². The number of hydrogen-bond donors (Lipinski definition) is 0. The van der Waals surface area contributed by atoms with Crippen LogP contribution in [0, 0.1) is 0 Å². The molecule has 0 radical (unpaired) electrons. The Kier molecular flexibility index (Phi) is 7.81. The van der Waals surface area contributed by atoms with Crippen LogP contribution in [-0.2, 0) is 5.41 Å². The lowest BCUT2D eigenvalue weighted by Crippen LogP contribution is -2.14. The van der Waals surface area contributed by atoms with Gasteiger partial charge in [-0.3, -0.25) is 0 Å². The Bertz CT molecular complexity index is 2760. The lowest BCUT2D eigenvalue weighted by molar-refractivity contribution is 0.660. The van der Waals surface area contributed by atoms with Crippen molar-refractivity contribution in [2.45, 2.75) is 19.3 Å². The van der Waals surface area contributed by atoms with Crippen LogP contribution in [0.1, 0.15) is 25.0 Å². The molecule has 10 rings (SSSR count). The van der Waals surface area contributed by atoms with E-state index < -0.39 is 0 Å². The molecular weight excluding hydrogens is 667 g/mol. The lowest BCUT2D eigenvalue weighted by atomic mass is 9.81. The Morgan fingerprint density at radius 3 is 1.40 bits per heavy atom. The second-order valence-electron chi connectivity index (χ2n) is 14.8. The molecule has 1 aliphatic rings. The van der Waals surface area contributed by atoms with Gasteiger partial charge in [-0.1, -0.05) is 202 Å². The fourth-order valence-electron chi connectivity index (χ4n) is 8.35. The van der Waals surface area contributed by atoms with Crippen LogP contribution in [-0.4, -0.2) is 15.0 Å². The van der Waals surface area contributed by atoms with Crippen LogP contribution in [0.5, 0.6) is 0 Å². The summed E-state index contributed by atoms with van der Waals surface area (Å²) in [5.41, 5.74) is 14.9. The third-order valence-corrected chi connectivity index (χ3v) is 11.2. The molecule has 0 saturated heterocycles. The smallest absolute Gasteiger partial charge is 0.165 e. The van der Waals surface area contributed by atoms with Crippen LogP contribution in [0.25, 0.3) is 89.4 Å². The minimum absolute atomic E-state index is 0.121. The number of rotatable bonds is 6. The van der Waals surface area contributed by atoms with Gasteiger partial charge in [0.05, 0.1) is 0 Å². The van der Waals surface area contributed by atoms with E-state index in [0.717, 1.165) is 44.2 Å². The first-order valence-electron chi connectivity index (χ1n) is 18.9. The molecule has 0 N–H and O–H groups in total. The van der Waals surface area contributed by atoms with Gasteiger partial charge in [-0.2, -0.15) is 0 Å². The summed E-state index contributed by atoms with van der Waals surface area (Å²) < 4.78 is 0. The number of aromatic nitrogens is 3. The van der Waals surface area contributed by atoms with E-state index >= 15 is 0 Å². The number of benzene rings is 8. The van der Waals surface area contributed by atoms with Crippen molar-refractivity contribution in [2.24, 2.45) is 0 Å². The van der Waals surface area contributed by atoms with E-state index in [2.05, 4.69) is 190 Å². The Labute approximate surface area is 321 Å². The van der Waals surface area contributed by atoms with Crippen molar-refractivity contribution in [3.05, 3.63) is 199 Å². The second kappa shape index (κ2) is 13.2. The maximum atomic E-state index is 5.35. The Morgan fingerprint density at radius 1 is 0.309 bits per heavy atom. The first kappa shape index (κ1) is 32.7. The minimum atomic E-state index is -0.121. The highest BCUT2D eigenvalue weighted by atomic mass is 15.0. The first-order valence-corrected chi connectivity index (χ1v) is 18.9. The van der Waals surface area contributed by atoms with E-state index in [1.165, 1.54) is 38.9 Å². The van der Waals surface area contributed by atoms with Crippen molar-refractivity contribution < 1.29 is 0 Å². The molecule has 3 nitrogen and oxygen atoms in total. The van der Waals surface area contributed by atoms with E-state index in [0.29, 0.717) is 17.5 Å². The fraction of sp³-hybridized carbons (Fsp3) is 0.0577. The molecule has 0 aliphatic heterocycles. The fourth-order valence-corrected chi connectivity index (χ4v) is 8.35. The van der Waals surface area contributed by atoms with Crippen LogP contribution < -0.4 is 0 Å². The predicted octanol–water partition coefficient (Wildman–Crippen LogP) is 13.3. The summed E-state index contributed by atoms with van der Waals surface area (Å²) in [4.78, 5) is 15.9. The minimum Gasteiger partial charge on any atom is -0.208 e. The molecule has 0 spiro atoms. The normalized spacial score (nSPS) is 12.7. The Hall–Kier alpha value is -6.97. The van der Waals surface area contributed by atoms with Gasteiger partial charge in [0, 0.05) is 22.1 Å². The van der Waals surface area contributed by atoms with Crippen molar-refractivity contribution in [3.63, 3.8) is 0 Å². The number of fused-ring (bicyclic) bond motifs is 4. The second-order valence-corrected chi connectivity index (χ2v) is 14.8. The average molecular weight is 704 g/mol. The van der Waals surface area contributed by atoms with Gasteiger partial charge in [-0.25, -0.2) is 15.0 Å². The summed E-state index contributed by atoms with van der Waals surface area (Å²) in [6.45, 7) is 4.67. The van der Waals surface area contributed by atoms with E-state index in [1.807, 2.05) is 12.1 Å². The first-order chi connectivity index (χ1) is 27.0. The molecule has 55 heavy (non-hydrogen) atoms. The van der Waals surface area contributed by atoms with Gasteiger partial charge in [-0.15, -0.1) is 0 Å². The zero-order valence-corrected chi connectivity index (χ0v) is 30.7. The molecule has 1 heterocycles. The van der Waals surface area contributed by atoms with Crippen LogP contribution in [0.15, 0.2) is 188 Å². The topological polar surface area (TPSA) is 38.7 Å². The zero-order chi connectivity index (χ0) is 36.9. The lowest BCUT2D eigenvalue weighted by Gasteiger charge is -2.22. The largest absolute Gasteiger partial charge is 0.208 e. The number of hydrogen-bond acceptors (Lipinski definition) is 3. The van der Waals surface area contributed by atoms with Crippen molar-refractivity contribution in [1.29, 1.82) is 0 Å². The Morgan fingerprint density at radius 2 is 0.764 bits per heavy atom. The van der Waals surface area contributed by atoms with E-state index in [-0.39, 0.29) is 5.41 Å². The molecule has 0 saturated carbocycles. The van der Waals surface area contributed by atoms with Crippen LogP contribution >= 0.6 is 0 Å². The molecule has 1 aromatic heterocycles. The quantitative estimate of drug-likeness (QED) is 0.173. The molecule has 260 valence electrons. The van der Waals surface area contributed by atoms with Gasteiger partial charge in [0.2, 0.25) is 0 Å². The summed E-state index contributed by atoms with van der Waals surface area (Å²) in [7, 11) is 0. The third kappa shape index (κ3) is 5.64. The van der Waals surface area contributed by atoms with Crippen LogP contribution in [0.2, 0.25) is 0 Å². The summed E-state index contributed by atoms with van der Waals surface area (Å²) >= 11 is 0. The molecule has 0 unspecified atom stereocenters. The number of nitrogens with zero attached hydrogens (tertiary/aromatic N) is 3. The maximum absolute atomic E-state index is 5.35. The molecule has 1 aliphatic carbocycles. The summed E-state index contributed by atoms with van der Waals surface area (Å²) in [5, 5.41) is 2.24. The molecular formula is C52H37N3. The van der Waals surface area contributed by atoms with Gasteiger partial charge in [0.25, 0.3) is 0 Å². The molecule has 3 heteroatoms. The van der Waals surface area contributed by atoms with Crippen molar-refractivity contribution >= 4 is 10.8 Å². The van der Waals surface area contributed by atoms with Crippen LogP contribution in [0.4, 0.5) is 0 Å². The monoisotopic (exact) mass is 703 g/mol. The summed E-state index contributed by atoms with van der Waals surface area (Å²) in [5.74, 6) is 1.92. The van der Waals surface area contributed by atoms with Gasteiger partial charge in [-0.05, 0) is 66.4 Å². The average Bonchev–Trinajstić information content (AvgIpc) is 3.50. The Balaban J connectivity index is 1.20. The van der Waals surface area contributed by atoms with Gasteiger partial charge in [0.1, 0.15) is 0 Å². The molecule has 0 bridgehead atoms. The van der Waals surface area contributed by atoms with Crippen molar-refractivity contribution in [2.75, 3.05) is 0 Å². The molecule has 0 amide bonds. The molecule has 8 aromatic carbocycles. The highest BCUT2D eigenvalue weighted by Gasteiger charge is 2.37. The van der Waals surface area contributed by atoms with Gasteiger partial charge >= 0.3 is 0 Å². The van der Waals surface area contributed by atoms with Crippen LogP contribution in [0.3, 0.4) is 0 Å². The van der Waals surface area contributed by atoms with Gasteiger partial charge in [0.15, 0.2) is 17.5 Å². The highest BCUT2D eigenvalue weighted by Crippen LogP contribution is 2.53. The SMILES string of the molecule is CC1(C)c2ccccc2-c2c(-c3ccc4ccccc4c3-c3nc(-c4ccc(-c5ccccc5)cc4)nc(-c4ccc(-c5ccccc5)cc4)n3)cccc21. The van der Waals surface area contributed by atoms with Crippen molar-refractivity contribution in [1.82, 2.24) is 15.0 Å². The van der Waals surface area contributed by atoms with Crippen molar-refractivity contribution in [3.8, 4) is 78.7 Å². The third-order valence-electron chi connectivity index (χ3n) is 11.2. The maximum Gasteiger partial charge on any atom is 0.165 e. The summed E-state index contributed by atoms with van der Waals surface area (Å²) in [6, 6.07) is 66.7. The molecule has 9 aromatic rings. The highest BCUT2D eigenvalue weighted by molar-refractivity contribution is 6.06. The van der Waals surface area contributed by atoms with E-state index in [1.54, 1.807) is 0 Å². The zero-order valence-electron chi connectivity index (χ0n) is 30.7. The van der Waals surface area contributed by atoms with E-state index in [9.17, 15) is 0 Å². The molecule has 0 fully saturated rings. The van der Waals surface area contributed by atoms with Gasteiger partial charge < -0.3 is 0 Å².